The number of β-amino-alcohol motifs (C(OH)–C–C–N with tert-alkyl or cyclic N) is 1. The van der Waals surface area contributed by atoms with Gasteiger partial charge in [0.15, 0.2) is 0 Å². The minimum Gasteiger partial charge on any atom is -0.387 e. The lowest BCUT2D eigenvalue weighted by Gasteiger charge is -2.43. The van der Waals surface area contributed by atoms with Gasteiger partial charge in [-0.15, -0.1) is 0 Å². The molecule has 0 aromatic heterocycles. The van der Waals surface area contributed by atoms with Crippen molar-refractivity contribution in [2.75, 3.05) is 19.6 Å². The van der Waals surface area contributed by atoms with E-state index in [-0.39, 0.29) is 11.4 Å². The molecule has 0 unspecified atom stereocenters. The van der Waals surface area contributed by atoms with E-state index >= 15 is 0 Å². The van der Waals surface area contributed by atoms with E-state index in [4.69, 9.17) is 0 Å². The Balaban J connectivity index is 1.66. The molecule has 0 spiro atoms. The van der Waals surface area contributed by atoms with Gasteiger partial charge in [-0.2, -0.15) is 0 Å². The summed E-state index contributed by atoms with van der Waals surface area (Å²) >= 11 is 0. The Morgan fingerprint density at radius 1 is 1.12 bits per heavy atom. The first-order chi connectivity index (χ1) is 12.5. The number of likely N-dealkylation sites (tertiary alicyclic amines) is 1. The lowest BCUT2D eigenvalue weighted by Crippen LogP contribution is -2.53. The fraction of sp³-hybridized carbons (Fsp3) is 0.409. The van der Waals surface area contributed by atoms with E-state index in [0.29, 0.717) is 6.54 Å². The number of amides is 1. The summed E-state index contributed by atoms with van der Waals surface area (Å²) in [6, 6.07) is 18.3. The number of nitrogens with zero attached hydrogens (tertiary/aromatic N) is 1. The molecule has 0 radical (unpaired) electrons. The van der Waals surface area contributed by atoms with Crippen LogP contribution in [0.25, 0.3) is 0 Å². The fourth-order valence-electron chi connectivity index (χ4n) is 3.84. The molecule has 2 aromatic rings. The maximum atomic E-state index is 11.8. The Bertz CT molecular complexity index is 720. The van der Waals surface area contributed by atoms with Crippen molar-refractivity contribution in [3.8, 4) is 0 Å². The van der Waals surface area contributed by atoms with E-state index < -0.39 is 6.10 Å². The SMILES string of the molecule is CC(=O)NC1(c2ccccc2)CCN(C[C@H](O)c2ccc(C)cc2)CC1. The van der Waals surface area contributed by atoms with Gasteiger partial charge < -0.3 is 15.3 Å². The first kappa shape index (κ1) is 18.6. The highest BCUT2D eigenvalue weighted by atomic mass is 16.3. The molecule has 0 saturated carbocycles. The first-order valence-electron chi connectivity index (χ1n) is 9.30. The van der Waals surface area contributed by atoms with Crippen LogP contribution < -0.4 is 5.32 Å². The number of rotatable bonds is 5. The lowest BCUT2D eigenvalue weighted by molar-refractivity contribution is -0.121. The summed E-state index contributed by atoms with van der Waals surface area (Å²) in [6.45, 7) is 5.94. The predicted molar refractivity (Wildman–Crippen MR) is 104 cm³/mol. The van der Waals surface area contributed by atoms with Gasteiger partial charge in [0.05, 0.1) is 11.6 Å². The minimum atomic E-state index is -0.486. The van der Waals surface area contributed by atoms with Gasteiger partial charge in [0.2, 0.25) is 5.91 Å². The second-order valence-electron chi connectivity index (χ2n) is 7.36. The lowest BCUT2D eigenvalue weighted by atomic mass is 9.80. The van der Waals surface area contributed by atoms with Gasteiger partial charge in [0, 0.05) is 26.6 Å². The van der Waals surface area contributed by atoms with Crippen LogP contribution in [0.5, 0.6) is 0 Å². The van der Waals surface area contributed by atoms with Crippen LogP contribution in [0.2, 0.25) is 0 Å². The highest BCUT2D eigenvalue weighted by molar-refractivity contribution is 5.74. The Morgan fingerprint density at radius 2 is 1.73 bits per heavy atom. The molecular weight excluding hydrogens is 324 g/mol. The van der Waals surface area contributed by atoms with E-state index in [1.165, 1.54) is 5.56 Å². The molecule has 1 aliphatic heterocycles. The Hall–Kier alpha value is -2.17. The zero-order valence-corrected chi connectivity index (χ0v) is 15.6. The number of piperidine rings is 1. The topological polar surface area (TPSA) is 52.6 Å². The van der Waals surface area contributed by atoms with E-state index in [9.17, 15) is 9.90 Å². The largest absolute Gasteiger partial charge is 0.387 e. The summed E-state index contributed by atoms with van der Waals surface area (Å²) in [4.78, 5) is 14.1. The number of aryl methyl sites for hydroxylation is 1. The third-order valence-electron chi connectivity index (χ3n) is 5.34. The number of aliphatic hydroxyl groups is 1. The maximum Gasteiger partial charge on any atom is 0.217 e. The van der Waals surface area contributed by atoms with Crippen LogP contribution in [0.15, 0.2) is 54.6 Å². The van der Waals surface area contributed by atoms with E-state index in [0.717, 1.165) is 37.1 Å². The van der Waals surface area contributed by atoms with E-state index in [2.05, 4.69) is 22.3 Å². The van der Waals surface area contributed by atoms with Gasteiger partial charge in [-0.3, -0.25) is 4.79 Å². The standard InChI is InChI=1S/C22H28N2O2/c1-17-8-10-19(11-9-17)21(26)16-24-14-12-22(13-15-24,23-18(2)25)20-6-4-3-5-7-20/h3-11,21,26H,12-16H2,1-2H3,(H,23,25)/t21-/m0/s1. The number of hydrogen-bond donors (Lipinski definition) is 2. The number of carbonyl (C=O) groups excluding carboxylic acids is 1. The van der Waals surface area contributed by atoms with E-state index in [1.807, 2.05) is 49.4 Å². The average molecular weight is 352 g/mol. The fourth-order valence-corrected chi connectivity index (χ4v) is 3.84. The summed E-state index contributed by atoms with van der Waals surface area (Å²) in [7, 11) is 0. The molecule has 3 rings (SSSR count). The summed E-state index contributed by atoms with van der Waals surface area (Å²) in [5, 5.41) is 13.7. The number of nitrogens with one attached hydrogen (secondary N) is 1. The summed E-state index contributed by atoms with van der Waals surface area (Å²) < 4.78 is 0. The first-order valence-corrected chi connectivity index (χ1v) is 9.30. The van der Waals surface area contributed by atoms with Crippen molar-refractivity contribution in [2.24, 2.45) is 0 Å². The maximum absolute atomic E-state index is 11.8. The zero-order chi connectivity index (χ0) is 18.6. The Kier molecular flexibility index (Phi) is 5.74. The number of aliphatic hydroxyl groups excluding tert-OH is 1. The molecule has 2 N–H and O–H groups in total. The van der Waals surface area contributed by atoms with Crippen molar-refractivity contribution in [2.45, 2.75) is 38.3 Å². The molecule has 1 heterocycles. The molecule has 1 saturated heterocycles. The molecule has 2 aromatic carbocycles. The van der Waals surface area contributed by atoms with Crippen molar-refractivity contribution >= 4 is 5.91 Å². The van der Waals surface area contributed by atoms with Crippen molar-refractivity contribution in [3.05, 3.63) is 71.3 Å². The van der Waals surface area contributed by atoms with Crippen LogP contribution in [0, 0.1) is 6.92 Å². The summed E-state index contributed by atoms with van der Waals surface area (Å²) in [5.41, 5.74) is 3.01. The average Bonchev–Trinajstić information content (AvgIpc) is 2.64. The molecule has 1 amide bonds. The molecule has 0 aliphatic carbocycles. The van der Waals surface area contributed by atoms with Crippen LogP contribution in [-0.2, 0) is 10.3 Å². The van der Waals surface area contributed by atoms with Crippen molar-refractivity contribution in [3.63, 3.8) is 0 Å². The highest BCUT2D eigenvalue weighted by Crippen LogP contribution is 2.33. The summed E-state index contributed by atoms with van der Waals surface area (Å²) in [6.07, 6.45) is 1.20. The van der Waals surface area contributed by atoms with Crippen LogP contribution >= 0.6 is 0 Å². The molecule has 4 heteroatoms. The normalized spacial score (nSPS) is 18.3. The number of benzene rings is 2. The van der Waals surface area contributed by atoms with Gasteiger partial charge >= 0.3 is 0 Å². The third-order valence-corrected chi connectivity index (χ3v) is 5.34. The molecule has 1 aliphatic rings. The quantitative estimate of drug-likeness (QED) is 0.869. The zero-order valence-electron chi connectivity index (χ0n) is 15.6. The van der Waals surface area contributed by atoms with Gasteiger partial charge in [0.25, 0.3) is 0 Å². The monoisotopic (exact) mass is 352 g/mol. The van der Waals surface area contributed by atoms with Gasteiger partial charge in [-0.25, -0.2) is 0 Å². The third kappa shape index (κ3) is 4.32. The Labute approximate surface area is 155 Å². The van der Waals surface area contributed by atoms with Crippen LogP contribution in [-0.4, -0.2) is 35.5 Å². The molecule has 4 nitrogen and oxygen atoms in total. The molecule has 0 bridgehead atoms. The van der Waals surface area contributed by atoms with Crippen LogP contribution in [0.4, 0.5) is 0 Å². The smallest absolute Gasteiger partial charge is 0.217 e. The van der Waals surface area contributed by atoms with Gasteiger partial charge in [-0.05, 0) is 30.9 Å². The Morgan fingerprint density at radius 3 is 2.31 bits per heavy atom. The molecule has 1 fully saturated rings. The van der Waals surface area contributed by atoms with E-state index in [1.54, 1.807) is 6.92 Å². The van der Waals surface area contributed by atoms with Crippen LogP contribution in [0.3, 0.4) is 0 Å². The molecule has 1 atom stereocenters. The van der Waals surface area contributed by atoms with Gasteiger partial charge in [0.1, 0.15) is 0 Å². The highest BCUT2D eigenvalue weighted by Gasteiger charge is 2.37. The second-order valence-corrected chi connectivity index (χ2v) is 7.36. The minimum absolute atomic E-state index is 0.00185. The summed E-state index contributed by atoms with van der Waals surface area (Å²) in [5.74, 6) is 0.00185. The van der Waals surface area contributed by atoms with Gasteiger partial charge in [-0.1, -0.05) is 60.2 Å². The molecular formula is C22H28N2O2. The van der Waals surface area contributed by atoms with Crippen molar-refractivity contribution < 1.29 is 9.90 Å². The molecule has 138 valence electrons. The predicted octanol–water partition coefficient (Wildman–Crippen LogP) is 3.16. The van der Waals surface area contributed by atoms with Crippen LogP contribution in [0.1, 0.15) is 42.6 Å². The second kappa shape index (κ2) is 8.02. The van der Waals surface area contributed by atoms with Crippen molar-refractivity contribution in [1.29, 1.82) is 0 Å². The van der Waals surface area contributed by atoms with Crippen molar-refractivity contribution in [1.82, 2.24) is 10.2 Å². The number of carbonyl (C=O) groups is 1. The number of hydrogen-bond acceptors (Lipinski definition) is 3. The molecule has 26 heavy (non-hydrogen) atoms.